The fourth-order valence-corrected chi connectivity index (χ4v) is 2.48. The lowest BCUT2D eigenvalue weighted by Crippen LogP contribution is -2.30. The Bertz CT molecular complexity index is 471. The Balaban J connectivity index is 1.97. The fourth-order valence-electron chi connectivity index (χ4n) is 2.48. The highest BCUT2D eigenvalue weighted by Gasteiger charge is 2.17. The van der Waals surface area contributed by atoms with E-state index >= 15 is 0 Å². The maximum Gasteiger partial charge on any atom is 0.253 e. The SMILES string of the molecule is Nc1cc(F)c(F)cc1C(=O)NCC1CCCCC1. The molecular formula is C14H18F2N2O. The van der Waals surface area contributed by atoms with Crippen LogP contribution in [0.15, 0.2) is 12.1 Å². The zero-order valence-corrected chi connectivity index (χ0v) is 10.7. The summed E-state index contributed by atoms with van der Waals surface area (Å²) < 4.78 is 26.0. The topological polar surface area (TPSA) is 55.1 Å². The Morgan fingerprint density at radius 2 is 1.84 bits per heavy atom. The Labute approximate surface area is 111 Å². The Kier molecular flexibility index (Phi) is 4.35. The lowest BCUT2D eigenvalue weighted by atomic mass is 9.89. The summed E-state index contributed by atoms with van der Waals surface area (Å²) in [7, 11) is 0. The molecule has 19 heavy (non-hydrogen) atoms. The van der Waals surface area contributed by atoms with E-state index in [2.05, 4.69) is 5.32 Å². The van der Waals surface area contributed by atoms with Gasteiger partial charge in [-0.1, -0.05) is 19.3 Å². The molecule has 3 nitrogen and oxygen atoms in total. The highest BCUT2D eigenvalue weighted by atomic mass is 19.2. The van der Waals surface area contributed by atoms with Gasteiger partial charge in [0.25, 0.3) is 5.91 Å². The van der Waals surface area contributed by atoms with Gasteiger partial charge in [-0.15, -0.1) is 0 Å². The van der Waals surface area contributed by atoms with Crippen molar-refractivity contribution in [2.75, 3.05) is 12.3 Å². The normalized spacial score (nSPS) is 16.3. The van der Waals surface area contributed by atoms with Crippen molar-refractivity contribution in [2.45, 2.75) is 32.1 Å². The maximum atomic E-state index is 13.1. The van der Waals surface area contributed by atoms with Gasteiger partial charge < -0.3 is 11.1 Å². The fraction of sp³-hybridized carbons (Fsp3) is 0.500. The van der Waals surface area contributed by atoms with Crippen molar-refractivity contribution < 1.29 is 13.6 Å². The maximum absolute atomic E-state index is 13.1. The number of benzene rings is 1. The van der Waals surface area contributed by atoms with E-state index in [1.807, 2.05) is 0 Å². The summed E-state index contributed by atoms with van der Waals surface area (Å²) in [6.45, 7) is 0.567. The number of anilines is 1. The molecule has 0 heterocycles. The van der Waals surface area contributed by atoms with Gasteiger partial charge in [0.05, 0.1) is 5.56 Å². The summed E-state index contributed by atoms with van der Waals surface area (Å²) in [4.78, 5) is 11.9. The minimum atomic E-state index is -1.06. The van der Waals surface area contributed by atoms with Crippen LogP contribution in [0.2, 0.25) is 0 Å². The smallest absolute Gasteiger partial charge is 0.253 e. The Hall–Kier alpha value is -1.65. The lowest BCUT2D eigenvalue weighted by Gasteiger charge is -2.21. The van der Waals surface area contributed by atoms with E-state index in [1.54, 1.807) is 0 Å². The number of carbonyl (C=O) groups is 1. The molecule has 0 spiro atoms. The van der Waals surface area contributed by atoms with Crippen molar-refractivity contribution >= 4 is 11.6 Å². The monoisotopic (exact) mass is 268 g/mol. The molecule has 0 radical (unpaired) electrons. The number of nitrogen functional groups attached to an aromatic ring is 1. The first-order valence-corrected chi connectivity index (χ1v) is 6.60. The number of rotatable bonds is 3. The lowest BCUT2D eigenvalue weighted by molar-refractivity contribution is 0.0944. The van der Waals surface area contributed by atoms with Gasteiger partial charge in [-0.25, -0.2) is 8.78 Å². The molecule has 1 aliphatic rings. The molecular weight excluding hydrogens is 250 g/mol. The first-order chi connectivity index (χ1) is 9.08. The number of halogens is 2. The molecule has 0 aliphatic heterocycles. The van der Waals surface area contributed by atoms with Gasteiger partial charge in [0.1, 0.15) is 0 Å². The summed E-state index contributed by atoms with van der Waals surface area (Å²) in [6, 6.07) is 1.69. The van der Waals surface area contributed by atoms with Crippen LogP contribution in [-0.2, 0) is 0 Å². The van der Waals surface area contributed by atoms with E-state index in [0.717, 1.165) is 25.0 Å². The average Bonchev–Trinajstić information content (AvgIpc) is 2.41. The summed E-state index contributed by atoms with van der Waals surface area (Å²) in [5.74, 6) is -2.07. The summed E-state index contributed by atoms with van der Waals surface area (Å²) in [5.41, 5.74) is 5.49. The van der Waals surface area contributed by atoms with Gasteiger partial charge in [-0.2, -0.15) is 0 Å². The summed E-state index contributed by atoms with van der Waals surface area (Å²) in [6.07, 6.45) is 5.84. The number of nitrogens with one attached hydrogen (secondary N) is 1. The van der Waals surface area contributed by atoms with Gasteiger partial charge in [-0.3, -0.25) is 4.79 Å². The van der Waals surface area contributed by atoms with Gasteiger partial charge in [0.15, 0.2) is 11.6 Å². The predicted octanol–water partition coefficient (Wildman–Crippen LogP) is 2.86. The van der Waals surface area contributed by atoms with Crippen LogP contribution < -0.4 is 11.1 Å². The minimum absolute atomic E-state index is 0.00490. The average molecular weight is 268 g/mol. The third-order valence-electron chi connectivity index (χ3n) is 3.61. The molecule has 1 saturated carbocycles. The molecule has 2 rings (SSSR count). The predicted molar refractivity (Wildman–Crippen MR) is 69.7 cm³/mol. The van der Waals surface area contributed by atoms with E-state index in [0.29, 0.717) is 12.5 Å². The van der Waals surface area contributed by atoms with Crippen molar-refractivity contribution in [1.29, 1.82) is 0 Å². The molecule has 1 amide bonds. The van der Waals surface area contributed by atoms with Gasteiger partial charge in [0.2, 0.25) is 0 Å². The number of nitrogens with two attached hydrogens (primary N) is 1. The van der Waals surface area contributed by atoms with Crippen LogP contribution in [0.25, 0.3) is 0 Å². The zero-order valence-electron chi connectivity index (χ0n) is 10.7. The minimum Gasteiger partial charge on any atom is -0.398 e. The molecule has 0 saturated heterocycles. The molecule has 0 aromatic heterocycles. The first-order valence-electron chi connectivity index (χ1n) is 6.60. The third kappa shape index (κ3) is 3.43. The van der Waals surface area contributed by atoms with Crippen molar-refractivity contribution in [3.8, 4) is 0 Å². The van der Waals surface area contributed by atoms with Crippen molar-refractivity contribution in [3.63, 3.8) is 0 Å². The molecule has 0 atom stereocenters. The van der Waals surface area contributed by atoms with E-state index in [4.69, 9.17) is 5.73 Å². The molecule has 1 fully saturated rings. The number of hydrogen-bond acceptors (Lipinski definition) is 2. The molecule has 0 unspecified atom stereocenters. The quantitative estimate of drug-likeness (QED) is 0.828. The molecule has 5 heteroatoms. The van der Waals surface area contributed by atoms with Crippen LogP contribution in [0.1, 0.15) is 42.5 Å². The second-order valence-electron chi connectivity index (χ2n) is 5.07. The van der Waals surface area contributed by atoms with Crippen molar-refractivity contribution in [1.82, 2.24) is 5.32 Å². The van der Waals surface area contributed by atoms with E-state index in [9.17, 15) is 13.6 Å². The Morgan fingerprint density at radius 3 is 2.53 bits per heavy atom. The van der Waals surface area contributed by atoms with E-state index in [1.165, 1.54) is 19.3 Å². The van der Waals surface area contributed by atoms with Crippen LogP contribution >= 0.6 is 0 Å². The number of carbonyl (C=O) groups excluding carboxylic acids is 1. The molecule has 1 aliphatic carbocycles. The van der Waals surface area contributed by atoms with E-state index < -0.39 is 17.5 Å². The van der Waals surface area contributed by atoms with Gasteiger partial charge in [-0.05, 0) is 24.8 Å². The zero-order chi connectivity index (χ0) is 13.8. The largest absolute Gasteiger partial charge is 0.398 e. The second-order valence-corrected chi connectivity index (χ2v) is 5.07. The van der Waals surface area contributed by atoms with Crippen LogP contribution in [0, 0.1) is 17.6 Å². The standard InChI is InChI=1S/C14H18F2N2O/c15-11-6-10(13(17)7-12(11)16)14(19)18-8-9-4-2-1-3-5-9/h6-7,9H,1-5,8,17H2,(H,18,19). The third-order valence-corrected chi connectivity index (χ3v) is 3.61. The molecule has 104 valence electrons. The van der Waals surface area contributed by atoms with Crippen LogP contribution in [0.3, 0.4) is 0 Å². The second kappa shape index (κ2) is 5.99. The van der Waals surface area contributed by atoms with Crippen LogP contribution in [0.4, 0.5) is 14.5 Å². The molecule has 1 aromatic carbocycles. The summed E-state index contributed by atoms with van der Waals surface area (Å²) in [5, 5.41) is 2.75. The number of amides is 1. The van der Waals surface area contributed by atoms with Crippen molar-refractivity contribution in [2.24, 2.45) is 5.92 Å². The van der Waals surface area contributed by atoms with Crippen LogP contribution in [-0.4, -0.2) is 12.5 Å². The molecule has 1 aromatic rings. The summed E-state index contributed by atoms with van der Waals surface area (Å²) >= 11 is 0. The van der Waals surface area contributed by atoms with E-state index in [-0.39, 0.29) is 11.3 Å². The Morgan fingerprint density at radius 1 is 1.21 bits per heavy atom. The van der Waals surface area contributed by atoms with Crippen LogP contribution in [0.5, 0.6) is 0 Å². The number of hydrogen-bond donors (Lipinski definition) is 2. The van der Waals surface area contributed by atoms with Crippen molar-refractivity contribution in [3.05, 3.63) is 29.3 Å². The molecule has 0 bridgehead atoms. The van der Waals surface area contributed by atoms with Gasteiger partial charge in [0, 0.05) is 18.3 Å². The van der Waals surface area contributed by atoms with Gasteiger partial charge >= 0.3 is 0 Å². The molecule has 3 N–H and O–H groups in total. The first kappa shape index (κ1) is 13.8. The highest BCUT2D eigenvalue weighted by Crippen LogP contribution is 2.23. The highest BCUT2D eigenvalue weighted by molar-refractivity contribution is 5.99.